The van der Waals surface area contributed by atoms with Gasteiger partial charge in [0, 0.05) is 22.0 Å². The molecule has 1 N–H and O–H groups in total. The summed E-state index contributed by atoms with van der Waals surface area (Å²) < 4.78 is 1.89. The zero-order valence-electron chi connectivity index (χ0n) is 17.5. The van der Waals surface area contributed by atoms with E-state index in [0.29, 0.717) is 26.6 Å². The maximum Gasteiger partial charge on any atom is 0.234 e. The summed E-state index contributed by atoms with van der Waals surface area (Å²) in [5.41, 5.74) is 4.47. The lowest BCUT2D eigenvalue weighted by molar-refractivity contribution is -0.113. The van der Waals surface area contributed by atoms with Crippen LogP contribution in [-0.4, -0.2) is 26.4 Å². The molecule has 0 aliphatic heterocycles. The van der Waals surface area contributed by atoms with E-state index in [4.69, 9.17) is 23.2 Å². The number of aromatic nitrogens is 3. The van der Waals surface area contributed by atoms with Gasteiger partial charge >= 0.3 is 0 Å². The number of thioether (sulfide) groups is 1. The van der Waals surface area contributed by atoms with Gasteiger partial charge in [-0.05, 0) is 55.3 Å². The maximum atomic E-state index is 12.7. The average molecular weight is 483 g/mol. The van der Waals surface area contributed by atoms with Gasteiger partial charge in [-0.1, -0.05) is 71.4 Å². The molecule has 0 fully saturated rings. The smallest absolute Gasteiger partial charge is 0.234 e. The number of anilines is 1. The molecule has 32 heavy (non-hydrogen) atoms. The summed E-state index contributed by atoms with van der Waals surface area (Å²) in [6.45, 7) is 3.95. The molecule has 3 aromatic carbocycles. The number of aryl methyl sites for hydroxylation is 2. The van der Waals surface area contributed by atoms with Crippen molar-refractivity contribution < 1.29 is 4.79 Å². The summed E-state index contributed by atoms with van der Waals surface area (Å²) in [6.07, 6.45) is 0. The topological polar surface area (TPSA) is 59.8 Å². The standard InChI is InChI=1S/C24H20Cl2N4OS/c1-15-7-6-8-16(2)22(15)27-21(31)14-32-24-29-28-23(19-12-11-17(25)13-20(19)26)30(24)18-9-4-3-5-10-18/h3-13H,14H2,1-2H3,(H,27,31). The number of carbonyl (C=O) groups excluding carboxylic acids is 1. The summed E-state index contributed by atoms with van der Waals surface area (Å²) >= 11 is 13.8. The van der Waals surface area contributed by atoms with Gasteiger partial charge in [0.25, 0.3) is 0 Å². The number of nitrogens with one attached hydrogen (secondary N) is 1. The fourth-order valence-electron chi connectivity index (χ4n) is 3.34. The first-order valence-electron chi connectivity index (χ1n) is 9.89. The minimum Gasteiger partial charge on any atom is -0.325 e. The lowest BCUT2D eigenvalue weighted by atomic mass is 10.1. The number of para-hydroxylation sites is 2. The molecule has 1 aromatic heterocycles. The Morgan fingerprint density at radius 3 is 2.38 bits per heavy atom. The van der Waals surface area contributed by atoms with Crippen molar-refractivity contribution in [2.45, 2.75) is 19.0 Å². The number of hydrogen-bond donors (Lipinski definition) is 1. The largest absolute Gasteiger partial charge is 0.325 e. The molecule has 0 aliphatic carbocycles. The fraction of sp³-hybridized carbons (Fsp3) is 0.125. The highest BCUT2D eigenvalue weighted by Gasteiger charge is 2.19. The number of amides is 1. The lowest BCUT2D eigenvalue weighted by Gasteiger charge is -2.13. The van der Waals surface area contributed by atoms with Crippen molar-refractivity contribution in [1.82, 2.24) is 14.8 Å². The second-order valence-corrected chi connectivity index (χ2v) is 8.99. The van der Waals surface area contributed by atoms with Gasteiger partial charge in [0.15, 0.2) is 11.0 Å². The predicted molar refractivity (Wildman–Crippen MR) is 132 cm³/mol. The van der Waals surface area contributed by atoms with E-state index in [0.717, 1.165) is 22.5 Å². The fourth-order valence-corrected chi connectivity index (χ4v) is 4.58. The van der Waals surface area contributed by atoms with Gasteiger partial charge < -0.3 is 5.32 Å². The Morgan fingerprint density at radius 1 is 0.969 bits per heavy atom. The Balaban J connectivity index is 1.63. The highest BCUT2D eigenvalue weighted by molar-refractivity contribution is 7.99. The van der Waals surface area contributed by atoms with Crippen molar-refractivity contribution in [2.75, 3.05) is 11.1 Å². The summed E-state index contributed by atoms with van der Waals surface area (Å²) in [4.78, 5) is 12.7. The monoisotopic (exact) mass is 482 g/mol. The van der Waals surface area contributed by atoms with Crippen LogP contribution in [0.5, 0.6) is 0 Å². The molecule has 0 saturated carbocycles. The van der Waals surface area contributed by atoms with Crippen LogP contribution < -0.4 is 5.32 Å². The SMILES string of the molecule is Cc1cccc(C)c1NC(=O)CSc1nnc(-c2ccc(Cl)cc2Cl)n1-c1ccccc1. The first kappa shape index (κ1) is 22.4. The van der Waals surface area contributed by atoms with E-state index in [1.54, 1.807) is 12.1 Å². The van der Waals surface area contributed by atoms with E-state index in [-0.39, 0.29) is 11.7 Å². The Kier molecular flexibility index (Phi) is 6.84. The molecule has 8 heteroatoms. The van der Waals surface area contributed by atoms with Crippen LogP contribution in [0, 0.1) is 13.8 Å². The van der Waals surface area contributed by atoms with Crippen LogP contribution in [0.1, 0.15) is 11.1 Å². The summed E-state index contributed by atoms with van der Waals surface area (Å²) in [6, 6.07) is 20.9. The van der Waals surface area contributed by atoms with Crippen molar-refractivity contribution in [3.63, 3.8) is 0 Å². The first-order chi connectivity index (χ1) is 15.4. The lowest BCUT2D eigenvalue weighted by Crippen LogP contribution is -2.16. The van der Waals surface area contributed by atoms with Crippen molar-refractivity contribution in [3.8, 4) is 17.1 Å². The molecule has 5 nitrogen and oxygen atoms in total. The molecule has 4 aromatic rings. The Bertz CT molecular complexity index is 1250. The number of nitrogens with zero attached hydrogens (tertiary/aromatic N) is 3. The van der Waals surface area contributed by atoms with Gasteiger partial charge in [-0.15, -0.1) is 10.2 Å². The van der Waals surface area contributed by atoms with Crippen LogP contribution in [-0.2, 0) is 4.79 Å². The third-order valence-electron chi connectivity index (χ3n) is 4.90. The molecular formula is C24H20Cl2N4OS. The number of benzene rings is 3. The molecule has 0 unspecified atom stereocenters. The number of rotatable bonds is 6. The molecule has 1 heterocycles. The second kappa shape index (κ2) is 9.77. The van der Waals surface area contributed by atoms with E-state index >= 15 is 0 Å². The van der Waals surface area contributed by atoms with Crippen LogP contribution in [0.4, 0.5) is 5.69 Å². The summed E-state index contributed by atoms with van der Waals surface area (Å²) in [5.74, 6) is 0.657. The molecule has 0 saturated heterocycles. The van der Waals surface area contributed by atoms with Crippen LogP contribution in [0.25, 0.3) is 17.1 Å². The zero-order chi connectivity index (χ0) is 22.7. The molecule has 162 valence electrons. The third-order valence-corrected chi connectivity index (χ3v) is 6.37. The Labute approximate surface area is 200 Å². The highest BCUT2D eigenvalue weighted by atomic mass is 35.5. The molecule has 0 spiro atoms. The van der Waals surface area contributed by atoms with Gasteiger partial charge in [0.05, 0.1) is 10.8 Å². The number of halogens is 2. The molecular weight excluding hydrogens is 463 g/mol. The van der Waals surface area contributed by atoms with Crippen LogP contribution >= 0.6 is 35.0 Å². The normalized spacial score (nSPS) is 10.9. The predicted octanol–water partition coefficient (Wildman–Crippen LogP) is 6.59. The highest BCUT2D eigenvalue weighted by Crippen LogP contribution is 2.33. The number of carbonyl (C=O) groups is 1. The van der Waals surface area contributed by atoms with E-state index in [1.165, 1.54) is 11.8 Å². The second-order valence-electron chi connectivity index (χ2n) is 7.20. The maximum absolute atomic E-state index is 12.7. The van der Waals surface area contributed by atoms with Crippen molar-refractivity contribution in [2.24, 2.45) is 0 Å². The minimum atomic E-state index is -0.110. The first-order valence-corrected chi connectivity index (χ1v) is 11.6. The molecule has 0 bridgehead atoms. The molecule has 1 amide bonds. The zero-order valence-corrected chi connectivity index (χ0v) is 19.8. The van der Waals surface area contributed by atoms with Gasteiger partial charge in [-0.3, -0.25) is 9.36 Å². The van der Waals surface area contributed by atoms with E-state index in [9.17, 15) is 4.79 Å². The van der Waals surface area contributed by atoms with Gasteiger partial charge in [-0.25, -0.2) is 0 Å². The Hall–Kier alpha value is -2.80. The van der Waals surface area contributed by atoms with Gasteiger partial charge in [0.1, 0.15) is 0 Å². The van der Waals surface area contributed by atoms with Crippen LogP contribution in [0.15, 0.2) is 71.9 Å². The third kappa shape index (κ3) is 4.83. The van der Waals surface area contributed by atoms with Gasteiger partial charge in [0.2, 0.25) is 5.91 Å². The molecule has 0 aliphatic rings. The summed E-state index contributed by atoms with van der Waals surface area (Å²) in [5, 5.41) is 13.3. The van der Waals surface area contributed by atoms with Crippen molar-refractivity contribution >= 4 is 46.6 Å². The molecule has 0 atom stereocenters. The van der Waals surface area contributed by atoms with Crippen molar-refractivity contribution in [1.29, 1.82) is 0 Å². The van der Waals surface area contributed by atoms with Crippen molar-refractivity contribution in [3.05, 3.63) is 87.9 Å². The summed E-state index contributed by atoms with van der Waals surface area (Å²) in [7, 11) is 0. The molecule has 4 rings (SSSR count). The van der Waals surface area contributed by atoms with Gasteiger partial charge in [-0.2, -0.15) is 0 Å². The van der Waals surface area contributed by atoms with E-state index in [1.807, 2.05) is 73.0 Å². The number of hydrogen-bond acceptors (Lipinski definition) is 4. The van der Waals surface area contributed by atoms with Crippen LogP contribution in [0.3, 0.4) is 0 Å². The Morgan fingerprint density at radius 2 is 1.69 bits per heavy atom. The average Bonchev–Trinajstić information content (AvgIpc) is 3.19. The van der Waals surface area contributed by atoms with E-state index < -0.39 is 0 Å². The quantitative estimate of drug-likeness (QED) is 0.315. The molecule has 0 radical (unpaired) electrons. The minimum absolute atomic E-state index is 0.110. The van der Waals surface area contributed by atoms with E-state index in [2.05, 4.69) is 15.5 Å². The van der Waals surface area contributed by atoms with Crippen LogP contribution in [0.2, 0.25) is 10.0 Å².